The van der Waals surface area contributed by atoms with Gasteiger partial charge in [0.05, 0.1) is 17.4 Å². The molecule has 8 heteroatoms. The third kappa shape index (κ3) is 5.26. The van der Waals surface area contributed by atoms with E-state index < -0.39 is 17.0 Å². The highest BCUT2D eigenvalue weighted by Crippen LogP contribution is 2.29. The van der Waals surface area contributed by atoms with Crippen molar-refractivity contribution in [3.05, 3.63) is 65.2 Å². The van der Waals surface area contributed by atoms with Gasteiger partial charge in [0, 0.05) is 6.42 Å². The van der Waals surface area contributed by atoms with E-state index in [1.54, 1.807) is 30.3 Å². The first kappa shape index (κ1) is 19.3. The number of halogens is 3. The number of ether oxygens (including phenoxy) is 1. The van der Waals surface area contributed by atoms with E-state index in [-0.39, 0.29) is 17.8 Å². The first-order valence-corrected chi connectivity index (χ1v) is 9.08. The fraction of sp³-hybridized carbons (Fsp3) is 0.263. The van der Waals surface area contributed by atoms with Crippen LogP contribution < -0.4 is 10.1 Å². The van der Waals surface area contributed by atoms with Crippen LogP contribution in [0, 0.1) is 0 Å². The number of carbonyl (C=O) groups excluding carboxylic acids is 2. The Hall–Kier alpha value is -2.48. The Kier molecular flexibility index (Phi) is 5.74. The first-order chi connectivity index (χ1) is 12.8. The van der Waals surface area contributed by atoms with Crippen molar-refractivity contribution in [2.45, 2.75) is 24.3 Å². The van der Waals surface area contributed by atoms with Gasteiger partial charge in [0.1, 0.15) is 5.75 Å². The van der Waals surface area contributed by atoms with Crippen molar-refractivity contribution < 1.29 is 27.5 Å². The molecule has 2 aromatic rings. The fourth-order valence-electron chi connectivity index (χ4n) is 2.65. The zero-order chi connectivity index (χ0) is 19.4. The monoisotopic (exact) mass is 395 g/mol. The molecule has 1 atom stereocenters. The lowest BCUT2D eigenvalue weighted by molar-refractivity contribution is -0.137. The Morgan fingerprint density at radius 3 is 2.41 bits per heavy atom. The summed E-state index contributed by atoms with van der Waals surface area (Å²) in [6.07, 6.45) is -3.56. The quantitative estimate of drug-likeness (QED) is 0.796. The van der Waals surface area contributed by atoms with Gasteiger partial charge in [0.25, 0.3) is 5.24 Å². The number of hydrogen-bond donors (Lipinski definition) is 1. The SMILES string of the molecule is O=C1NC(=O)C(Cc2ccc(OCCc3cccc(C(F)(F)F)c3)cc2)S1. The van der Waals surface area contributed by atoms with Gasteiger partial charge in [-0.25, -0.2) is 0 Å². The van der Waals surface area contributed by atoms with Crippen LogP contribution >= 0.6 is 11.8 Å². The minimum Gasteiger partial charge on any atom is -0.493 e. The molecule has 1 N–H and O–H groups in total. The third-order valence-electron chi connectivity index (χ3n) is 4.03. The van der Waals surface area contributed by atoms with Gasteiger partial charge >= 0.3 is 6.18 Å². The van der Waals surface area contributed by atoms with Gasteiger partial charge < -0.3 is 4.74 Å². The van der Waals surface area contributed by atoms with Crippen molar-refractivity contribution in [1.29, 1.82) is 0 Å². The lowest BCUT2D eigenvalue weighted by atomic mass is 10.1. The molecule has 0 bridgehead atoms. The zero-order valence-electron chi connectivity index (χ0n) is 14.1. The summed E-state index contributed by atoms with van der Waals surface area (Å²) in [4.78, 5) is 22.7. The number of nitrogens with one attached hydrogen (secondary N) is 1. The van der Waals surface area contributed by atoms with Crippen LogP contribution in [-0.4, -0.2) is 23.0 Å². The number of amides is 2. The van der Waals surface area contributed by atoms with Crippen LogP contribution in [-0.2, 0) is 23.8 Å². The average Bonchev–Trinajstić information content (AvgIpc) is 2.93. The smallest absolute Gasteiger partial charge is 0.416 e. The van der Waals surface area contributed by atoms with E-state index >= 15 is 0 Å². The summed E-state index contributed by atoms with van der Waals surface area (Å²) in [5.74, 6) is 0.303. The minimum atomic E-state index is -4.36. The summed E-state index contributed by atoms with van der Waals surface area (Å²) < 4.78 is 43.7. The predicted octanol–water partition coefficient (Wildman–Crippen LogP) is 4.22. The van der Waals surface area contributed by atoms with Crippen molar-refractivity contribution in [3.8, 4) is 5.75 Å². The Morgan fingerprint density at radius 1 is 1.04 bits per heavy atom. The topological polar surface area (TPSA) is 55.4 Å². The molecule has 1 saturated heterocycles. The molecular weight excluding hydrogens is 379 g/mol. The molecule has 0 aromatic heterocycles. The van der Waals surface area contributed by atoms with Crippen molar-refractivity contribution in [3.63, 3.8) is 0 Å². The second-order valence-electron chi connectivity index (χ2n) is 6.03. The number of imide groups is 1. The minimum absolute atomic E-state index is 0.246. The van der Waals surface area contributed by atoms with E-state index in [0.29, 0.717) is 24.2 Å². The Morgan fingerprint density at radius 2 is 1.78 bits per heavy atom. The highest BCUT2D eigenvalue weighted by Gasteiger charge is 2.31. The molecule has 0 aliphatic carbocycles. The molecule has 1 unspecified atom stereocenters. The van der Waals surface area contributed by atoms with Crippen LogP contribution in [0.25, 0.3) is 0 Å². The molecule has 27 heavy (non-hydrogen) atoms. The van der Waals surface area contributed by atoms with E-state index in [9.17, 15) is 22.8 Å². The second kappa shape index (κ2) is 8.04. The highest BCUT2D eigenvalue weighted by atomic mass is 32.2. The summed E-state index contributed by atoms with van der Waals surface area (Å²) >= 11 is 0.976. The van der Waals surface area contributed by atoms with Gasteiger partial charge in [-0.15, -0.1) is 0 Å². The molecule has 1 heterocycles. The maximum absolute atomic E-state index is 12.7. The molecule has 142 valence electrons. The van der Waals surface area contributed by atoms with E-state index in [2.05, 4.69) is 5.32 Å². The number of hydrogen-bond acceptors (Lipinski definition) is 4. The van der Waals surface area contributed by atoms with Gasteiger partial charge in [-0.05, 0) is 35.7 Å². The van der Waals surface area contributed by atoms with E-state index in [1.165, 1.54) is 6.07 Å². The lowest BCUT2D eigenvalue weighted by Crippen LogP contribution is -2.25. The lowest BCUT2D eigenvalue weighted by Gasteiger charge is -2.10. The van der Waals surface area contributed by atoms with E-state index in [0.717, 1.165) is 29.5 Å². The summed E-state index contributed by atoms with van der Waals surface area (Å²) in [5, 5.41) is 1.49. The second-order valence-corrected chi connectivity index (χ2v) is 7.20. The van der Waals surface area contributed by atoms with E-state index in [1.807, 2.05) is 0 Å². The molecule has 3 rings (SSSR count). The van der Waals surface area contributed by atoms with Crippen molar-refractivity contribution in [2.24, 2.45) is 0 Å². The third-order valence-corrected chi connectivity index (χ3v) is 5.01. The van der Waals surface area contributed by atoms with Crippen LogP contribution in [0.4, 0.5) is 18.0 Å². The molecule has 2 aromatic carbocycles. The maximum Gasteiger partial charge on any atom is 0.416 e. The Balaban J connectivity index is 1.51. The van der Waals surface area contributed by atoms with Crippen LogP contribution in [0.3, 0.4) is 0 Å². The number of benzene rings is 2. The zero-order valence-corrected chi connectivity index (χ0v) is 14.9. The van der Waals surface area contributed by atoms with Crippen LogP contribution in [0.5, 0.6) is 5.75 Å². The largest absolute Gasteiger partial charge is 0.493 e. The standard InChI is InChI=1S/C19H16F3NO3S/c20-19(21,22)14-3-1-2-12(10-14)8-9-26-15-6-4-13(5-7-15)11-16-17(24)23-18(25)27-16/h1-7,10,16H,8-9,11H2,(H,23,24,25). The van der Waals surface area contributed by atoms with E-state index in [4.69, 9.17) is 4.74 Å². The van der Waals surface area contributed by atoms with Gasteiger partial charge in [-0.2, -0.15) is 13.2 Å². The fourth-order valence-corrected chi connectivity index (χ4v) is 3.51. The van der Waals surface area contributed by atoms with Gasteiger partial charge in [-0.3, -0.25) is 14.9 Å². The number of carbonyl (C=O) groups is 2. The molecule has 1 fully saturated rings. The number of rotatable bonds is 6. The Labute approximate surface area is 158 Å². The van der Waals surface area contributed by atoms with Crippen LogP contribution in [0.1, 0.15) is 16.7 Å². The summed E-state index contributed by atoms with van der Waals surface area (Å²) in [6, 6.07) is 12.3. The van der Waals surface area contributed by atoms with Gasteiger partial charge in [0.15, 0.2) is 0 Å². The number of thioether (sulfide) groups is 1. The molecular formula is C19H16F3NO3S. The molecule has 0 spiro atoms. The molecule has 0 radical (unpaired) electrons. The highest BCUT2D eigenvalue weighted by molar-refractivity contribution is 8.15. The molecule has 1 aliphatic rings. The molecule has 0 saturated carbocycles. The van der Waals surface area contributed by atoms with Crippen LogP contribution in [0.2, 0.25) is 0 Å². The van der Waals surface area contributed by atoms with Crippen LogP contribution in [0.15, 0.2) is 48.5 Å². The molecule has 4 nitrogen and oxygen atoms in total. The first-order valence-electron chi connectivity index (χ1n) is 8.20. The Bertz CT molecular complexity index is 837. The summed E-state index contributed by atoms with van der Waals surface area (Å²) in [5.41, 5.74) is 0.773. The van der Waals surface area contributed by atoms with Crippen molar-refractivity contribution in [1.82, 2.24) is 5.32 Å². The summed E-state index contributed by atoms with van der Waals surface area (Å²) in [7, 11) is 0. The molecule has 1 aliphatic heterocycles. The normalized spacial score (nSPS) is 17.1. The molecule has 2 amide bonds. The number of alkyl halides is 3. The van der Waals surface area contributed by atoms with Crippen molar-refractivity contribution >= 4 is 22.9 Å². The predicted molar refractivity (Wildman–Crippen MR) is 95.7 cm³/mol. The maximum atomic E-state index is 12.7. The van der Waals surface area contributed by atoms with Gasteiger partial charge in [0.2, 0.25) is 5.91 Å². The van der Waals surface area contributed by atoms with Gasteiger partial charge in [-0.1, -0.05) is 42.1 Å². The average molecular weight is 395 g/mol. The summed E-state index contributed by atoms with van der Waals surface area (Å²) in [6.45, 7) is 0.246. The van der Waals surface area contributed by atoms with Crippen molar-refractivity contribution in [2.75, 3.05) is 6.61 Å².